The molecule has 0 atom stereocenters. The van der Waals surface area contributed by atoms with E-state index in [4.69, 9.17) is 4.74 Å². The van der Waals surface area contributed by atoms with E-state index in [1.165, 1.54) is 0 Å². The van der Waals surface area contributed by atoms with Gasteiger partial charge in [-0.05, 0) is 11.6 Å². The van der Waals surface area contributed by atoms with Crippen molar-refractivity contribution < 1.29 is 4.74 Å². The van der Waals surface area contributed by atoms with Gasteiger partial charge in [0.1, 0.15) is 0 Å². The molecule has 0 N–H and O–H groups in total. The van der Waals surface area contributed by atoms with Crippen LogP contribution in [0.4, 0.5) is 0 Å². The van der Waals surface area contributed by atoms with Crippen LogP contribution in [0.25, 0.3) is 6.08 Å². The van der Waals surface area contributed by atoms with Gasteiger partial charge in [0, 0.05) is 0 Å². The molecule has 0 heterocycles. The van der Waals surface area contributed by atoms with Crippen molar-refractivity contribution in [2.45, 2.75) is 13.8 Å². The molecule has 0 aliphatic carbocycles. The SMILES string of the molecule is CC.CO/C=C/c1ccccc1. The van der Waals surface area contributed by atoms with E-state index in [9.17, 15) is 0 Å². The lowest BCUT2D eigenvalue weighted by Gasteiger charge is -1.89. The molecule has 0 aliphatic rings. The second-order valence-electron chi connectivity index (χ2n) is 1.95. The molecule has 1 aromatic rings. The van der Waals surface area contributed by atoms with Crippen molar-refractivity contribution in [2.75, 3.05) is 7.11 Å². The maximum atomic E-state index is 4.77. The van der Waals surface area contributed by atoms with E-state index in [0.717, 1.165) is 5.56 Å². The number of methoxy groups -OCH3 is 1. The summed E-state index contributed by atoms with van der Waals surface area (Å²) in [6.45, 7) is 4.00. The first-order valence-electron chi connectivity index (χ1n) is 4.18. The van der Waals surface area contributed by atoms with Crippen LogP contribution in [0.15, 0.2) is 36.6 Å². The van der Waals surface area contributed by atoms with Gasteiger partial charge in [-0.3, -0.25) is 0 Å². The Labute approximate surface area is 74.7 Å². The summed E-state index contributed by atoms with van der Waals surface area (Å²) in [6.07, 6.45) is 3.58. The van der Waals surface area contributed by atoms with Crippen LogP contribution in [0.5, 0.6) is 0 Å². The van der Waals surface area contributed by atoms with Crippen molar-refractivity contribution >= 4 is 6.08 Å². The summed E-state index contributed by atoms with van der Waals surface area (Å²) in [5.74, 6) is 0. The van der Waals surface area contributed by atoms with Crippen LogP contribution in [-0.2, 0) is 4.74 Å². The summed E-state index contributed by atoms with van der Waals surface area (Å²) in [5, 5.41) is 0. The van der Waals surface area contributed by atoms with E-state index in [1.54, 1.807) is 13.4 Å². The summed E-state index contributed by atoms with van der Waals surface area (Å²) >= 11 is 0. The lowest BCUT2D eigenvalue weighted by molar-refractivity contribution is 0.341. The fourth-order valence-electron chi connectivity index (χ4n) is 0.711. The topological polar surface area (TPSA) is 9.23 Å². The summed E-state index contributed by atoms with van der Waals surface area (Å²) in [7, 11) is 1.64. The fraction of sp³-hybridized carbons (Fsp3) is 0.273. The summed E-state index contributed by atoms with van der Waals surface area (Å²) in [5.41, 5.74) is 1.16. The average Bonchev–Trinajstić information content (AvgIpc) is 2.19. The molecule has 0 saturated carbocycles. The number of ether oxygens (including phenoxy) is 1. The molecule has 1 aromatic carbocycles. The molecule has 1 nitrogen and oxygen atoms in total. The van der Waals surface area contributed by atoms with Crippen molar-refractivity contribution in [1.82, 2.24) is 0 Å². The molecule has 0 bridgehead atoms. The highest BCUT2D eigenvalue weighted by atomic mass is 16.5. The van der Waals surface area contributed by atoms with E-state index in [0.29, 0.717) is 0 Å². The van der Waals surface area contributed by atoms with Crippen molar-refractivity contribution in [3.63, 3.8) is 0 Å². The Kier molecular flexibility index (Phi) is 7.05. The first kappa shape index (κ1) is 10.8. The molecule has 0 unspecified atom stereocenters. The molecule has 0 radical (unpaired) electrons. The first-order chi connectivity index (χ1) is 5.93. The average molecular weight is 164 g/mol. The second-order valence-corrected chi connectivity index (χ2v) is 1.95. The Morgan fingerprint density at radius 3 is 2.17 bits per heavy atom. The maximum Gasteiger partial charge on any atom is 0.0830 e. The van der Waals surface area contributed by atoms with Crippen molar-refractivity contribution in [3.05, 3.63) is 42.2 Å². The third-order valence-electron chi connectivity index (χ3n) is 1.20. The van der Waals surface area contributed by atoms with Crippen molar-refractivity contribution in [2.24, 2.45) is 0 Å². The zero-order valence-electron chi connectivity index (χ0n) is 7.95. The van der Waals surface area contributed by atoms with Crippen LogP contribution >= 0.6 is 0 Å². The Balaban J connectivity index is 0.000000561. The van der Waals surface area contributed by atoms with Gasteiger partial charge in [-0.25, -0.2) is 0 Å². The Morgan fingerprint density at radius 2 is 1.67 bits per heavy atom. The molecular weight excluding hydrogens is 148 g/mol. The minimum Gasteiger partial charge on any atom is -0.504 e. The van der Waals surface area contributed by atoms with Gasteiger partial charge in [-0.15, -0.1) is 0 Å². The van der Waals surface area contributed by atoms with E-state index in [-0.39, 0.29) is 0 Å². The second kappa shape index (κ2) is 7.86. The van der Waals surface area contributed by atoms with Crippen LogP contribution in [0.2, 0.25) is 0 Å². The predicted molar refractivity (Wildman–Crippen MR) is 53.8 cm³/mol. The van der Waals surface area contributed by atoms with Crippen molar-refractivity contribution in [3.8, 4) is 0 Å². The van der Waals surface area contributed by atoms with E-state index >= 15 is 0 Å². The molecule has 1 rings (SSSR count). The molecule has 66 valence electrons. The predicted octanol–water partition coefficient (Wildman–Crippen LogP) is 3.33. The quantitative estimate of drug-likeness (QED) is 0.609. The molecule has 0 aliphatic heterocycles. The highest BCUT2D eigenvalue weighted by Crippen LogP contribution is 1.99. The van der Waals surface area contributed by atoms with Crippen LogP contribution in [0.1, 0.15) is 19.4 Å². The Hall–Kier alpha value is -1.24. The zero-order valence-corrected chi connectivity index (χ0v) is 7.95. The highest BCUT2D eigenvalue weighted by Gasteiger charge is 1.79. The zero-order chi connectivity index (χ0) is 9.23. The Bertz CT molecular complexity index is 202. The summed E-state index contributed by atoms with van der Waals surface area (Å²) < 4.78 is 4.77. The molecule has 1 heteroatoms. The lowest BCUT2D eigenvalue weighted by atomic mass is 10.2. The van der Waals surface area contributed by atoms with Crippen molar-refractivity contribution in [1.29, 1.82) is 0 Å². The van der Waals surface area contributed by atoms with Crippen LogP contribution in [-0.4, -0.2) is 7.11 Å². The number of hydrogen-bond donors (Lipinski definition) is 0. The van der Waals surface area contributed by atoms with Crippen LogP contribution < -0.4 is 0 Å². The van der Waals surface area contributed by atoms with Crippen LogP contribution in [0, 0.1) is 0 Å². The first-order valence-corrected chi connectivity index (χ1v) is 4.18. The highest BCUT2D eigenvalue weighted by molar-refractivity contribution is 5.47. The summed E-state index contributed by atoms with van der Waals surface area (Å²) in [6, 6.07) is 10.0. The van der Waals surface area contributed by atoms with Gasteiger partial charge in [-0.2, -0.15) is 0 Å². The number of benzene rings is 1. The standard InChI is InChI=1S/C9H10O.C2H6/c1-10-8-7-9-5-3-2-4-6-9;1-2/h2-8H,1H3;1-2H3/b8-7+;. The van der Waals surface area contributed by atoms with Gasteiger partial charge < -0.3 is 4.74 Å². The largest absolute Gasteiger partial charge is 0.504 e. The van der Waals surface area contributed by atoms with Gasteiger partial charge >= 0.3 is 0 Å². The third kappa shape index (κ3) is 4.56. The lowest BCUT2D eigenvalue weighted by Crippen LogP contribution is -1.69. The van der Waals surface area contributed by atoms with E-state index in [1.807, 2.05) is 50.3 Å². The maximum absolute atomic E-state index is 4.77. The Morgan fingerprint density at radius 1 is 1.08 bits per heavy atom. The molecule has 12 heavy (non-hydrogen) atoms. The van der Waals surface area contributed by atoms with Gasteiger partial charge in [0.25, 0.3) is 0 Å². The molecular formula is C11H16O. The van der Waals surface area contributed by atoms with Gasteiger partial charge in [-0.1, -0.05) is 44.2 Å². The molecule has 0 saturated heterocycles. The van der Waals surface area contributed by atoms with Gasteiger partial charge in [0.15, 0.2) is 0 Å². The van der Waals surface area contributed by atoms with E-state index in [2.05, 4.69) is 0 Å². The number of hydrogen-bond acceptors (Lipinski definition) is 1. The van der Waals surface area contributed by atoms with E-state index < -0.39 is 0 Å². The van der Waals surface area contributed by atoms with Gasteiger partial charge in [0.2, 0.25) is 0 Å². The van der Waals surface area contributed by atoms with Crippen LogP contribution in [0.3, 0.4) is 0 Å². The fourth-order valence-corrected chi connectivity index (χ4v) is 0.711. The summed E-state index contributed by atoms with van der Waals surface area (Å²) in [4.78, 5) is 0. The minimum atomic E-state index is 1.16. The normalized spacial score (nSPS) is 8.92. The molecule has 0 spiro atoms. The third-order valence-corrected chi connectivity index (χ3v) is 1.20. The van der Waals surface area contributed by atoms with Gasteiger partial charge in [0.05, 0.1) is 13.4 Å². The molecule has 0 amide bonds. The molecule has 0 fully saturated rings. The monoisotopic (exact) mass is 164 g/mol. The smallest absolute Gasteiger partial charge is 0.0830 e. The minimum absolute atomic E-state index is 1.16. The molecule has 0 aromatic heterocycles. The number of rotatable bonds is 2.